The first-order valence-electron chi connectivity index (χ1n) is 10.7. The summed E-state index contributed by atoms with van der Waals surface area (Å²) in [6.07, 6.45) is 5.77. The van der Waals surface area contributed by atoms with Crippen LogP contribution >= 0.6 is 0 Å². The lowest BCUT2D eigenvalue weighted by Crippen LogP contribution is -2.49. The summed E-state index contributed by atoms with van der Waals surface area (Å²) in [5.74, 6) is -0.412. The molecule has 3 amide bonds. The highest BCUT2D eigenvalue weighted by Crippen LogP contribution is 2.45. The highest BCUT2D eigenvalue weighted by Gasteiger charge is 2.47. The van der Waals surface area contributed by atoms with E-state index in [0.717, 1.165) is 18.5 Å². The fourth-order valence-corrected chi connectivity index (χ4v) is 4.42. The molecule has 1 N–H and O–H groups in total. The number of aryl methyl sites for hydroxylation is 1. The Morgan fingerprint density at radius 1 is 0.969 bits per heavy atom. The number of nitrogens with one attached hydrogen (secondary N) is 1. The van der Waals surface area contributed by atoms with Gasteiger partial charge in [-0.15, -0.1) is 0 Å². The molecule has 0 unspecified atom stereocenters. The second kappa shape index (κ2) is 8.30. The molecule has 2 aliphatic heterocycles. The minimum Gasteiger partial charge on any atom is -0.356 e. The Hall–Kier alpha value is -3.94. The molecule has 0 saturated heterocycles. The Morgan fingerprint density at radius 3 is 2.56 bits per heavy atom. The summed E-state index contributed by atoms with van der Waals surface area (Å²) in [5.41, 5.74) is 2.48. The fourth-order valence-electron chi connectivity index (χ4n) is 4.42. The molecule has 0 fully saturated rings. The molecule has 8 heteroatoms. The molecule has 3 heterocycles. The topological polar surface area (TPSA) is 87.5 Å². The third kappa shape index (κ3) is 3.43. The molecule has 8 nitrogen and oxygen atoms in total. The lowest BCUT2D eigenvalue weighted by molar-refractivity contribution is -0.121. The normalized spacial score (nSPS) is 16.6. The molecule has 2 aromatic carbocycles. The van der Waals surface area contributed by atoms with Gasteiger partial charge in [0.2, 0.25) is 5.91 Å². The van der Waals surface area contributed by atoms with Gasteiger partial charge in [0.05, 0.1) is 17.6 Å². The van der Waals surface area contributed by atoms with Crippen molar-refractivity contribution in [2.45, 2.75) is 25.6 Å². The summed E-state index contributed by atoms with van der Waals surface area (Å²) >= 11 is 0. The first kappa shape index (κ1) is 20.0. The van der Waals surface area contributed by atoms with Crippen molar-refractivity contribution in [3.63, 3.8) is 0 Å². The Labute approximate surface area is 185 Å². The van der Waals surface area contributed by atoms with Gasteiger partial charge in [-0.2, -0.15) is 0 Å². The second-order valence-electron chi connectivity index (χ2n) is 7.91. The second-order valence-corrected chi connectivity index (χ2v) is 7.91. The van der Waals surface area contributed by atoms with Crippen LogP contribution in [-0.2, 0) is 11.3 Å². The average molecular weight is 429 g/mol. The van der Waals surface area contributed by atoms with Crippen molar-refractivity contribution in [3.8, 4) is 0 Å². The van der Waals surface area contributed by atoms with Crippen molar-refractivity contribution in [2.75, 3.05) is 18.0 Å². The van der Waals surface area contributed by atoms with Gasteiger partial charge >= 0.3 is 0 Å². The highest BCUT2D eigenvalue weighted by molar-refractivity contribution is 6.16. The van der Waals surface area contributed by atoms with Crippen LogP contribution in [0.15, 0.2) is 67.3 Å². The number of anilines is 1. The van der Waals surface area contributed by atoms with Gasteiger partial charge in [-0.3, -0.25) is 19.3 Å². The third-order valence-electron chi connectivity index (χ3n) is 5.94. The zero-order chi connectivity index (χ0) is 22.1. The van der Waals surface area contributed by atoms with Crippen LogP contribution in [0.25, 0.3) is 0 Å². The lowest BCUT2D eigenvalue weighted by Gasteiger charge is -2.40. The number of rotatable bonds is 7. The Morgan fingerprint density at radius 2 is 1.75 bits per heavy atom. The number of carbonyl (C=O) groups is 3. The Kier molecular flexibility index (Phi) is 5.18. The maximum Gasteiger partial charge on any atom is 0.260 e. The fraction of sp³-hybridized carbons (Fsp3) is 0.250. The average Bonchev–Trinajstić information content (AvgIpc) is 3.44. The zero-order valence-electron chi connectivity index (χ0n) is 17.5. The number of hydrogen-bond acceptors (Lipinski definition) is 4. The maximum atomic E-state index is 13.3. The first-order chi connectivity index (χ1) is 15.6. The van der Waals surface area contributed by atoms with E-state index in [1.54, 1.807) is 46.6 Å². The van der Waals surface area contributed by atoms with Crippen LogP contribution < -0.4 is 10.2 Å². The van der Waals surface area contributed by atoms with Crippen LogP contribution in [0.1, 0.15) is 45.3 Å². The molecule has 0 bridgehead atoms. The quantitative estimate of drug-likeness (QED) is 0.585. The molecule has 3 aromatic rings. The number of carbonyl (C=O) groups excluding carboxylic acids is 3. The molecule has 0 saturated carbocycles. The van der Waals surface area contributed by atoms with Gasteiger partial charge in [0.1, 0.15) is 6.17 Å². The third-order valence-corrected chi connectivity index (χ3v) is 5.94. The monoisotopic (exact) mass is 429 g/mol. The number of nitrogens with zero attached hydrogens (tertiary/aromatic N) is 4. The van der Waals surface area contributed by atoms with Crippen LogP contribution in [-0.4, -0.2) is 45.3 Å². The first-order valence-corrected chi connectivity index (χ1v) is 10.7. The minimum absolute atomic E-state index is 0.119. The summed E-state index contributed by atoms with van der Waals surface area (Å²) in [4.78, 5) is 46.2. The standard InChI is InChI=1S/C24H23N5O3/c30-21(26-11-5-13-27-15-12-25-16-27)10-14-28-22-17-6-1-2-7-18(17)24(32)29(22)20-9-4-3-8-19(20)23(28)31/h1-4,6-9,12,15-16,22H,5,10-11,13-14H2,(H,26,30)/t22-/m0/s1. The summed E-state index contributed by atoms with van der Waals surface area (Å²) in [7, 11) is 0. The van der Waals surface area contributed by atoms with Crippen molar-refractivity contribution in [3.05, 3.63) is 83.9 Å². The minimum atomic E-state index is -0.532. The van der Waals surface area contributed by atoms with Gasteiger partial charge in [0, 0.05) is 49.6 Å². The molecule has 32 heavy (non-hydrogen) atoms. The van der Waals surface area contributed by atoms with Crippen LogP contribution in [0, 0.1) is 0 Å². The summed E-state index contributed by atoms with van der Waals surface area (Å²) < 4.78 is 1.96. The van der Waals surface area contributed by atoms with E-state index in [-0.39, 0.29) is 30.7 Å². The maximum absolute atomic E-state index is 13.3. The number of para-hydroxylation sites is 1. The van der Waals surface area contributed by atoms with E-state index in [0.29, 0.717) is 23.4 Å². The number of imidazole rings is 1. The molecule has 0 aliphatic carbocycles. The highest BCUT2D eigenvalue weighted by atomic mass is 16.2. The number of benzene rings is 2. The van der Waals surface area contributed by atoms with E-state index in [4.69, 9.17) is 0 Å². The van der Waals surface area contributed by atoms with E-state index in [1.807, 2.05) is 35.0 Å². The van der Waals surface area contributed by atoms with E-state index in [9.17, 15) is 14.4 Å². The van der Waals surface area contributed by atoms with Crippen molar-refractivity contribution in [1.29, 1.82) is 0 Å². The smallest absolute Gasteiger partial charge is 0.260 e. The van der Waals surface area contributed by atoms with Gasteiger partial charge in [0.25, 0.3) is 11.8 Å². The van der Waals surface area contributed by atoms with Gasteiger partial charge in [-0.25, -0.2) is 4.98 Å². The van der Waals surface area contributed by atoms with Crippen LogP contribution in [0.2, 0.25) is 0 Å². The molecule has 0 spiro atoms. The van der Waals surface area contributed by atoms with Gasteiger partial charge < -0.3 is 14.8 Å². The van der Waals surface area contributed by atoms with Crippen molar-refractivity contribution >= 4 is 23.4 Å². The molecule has 5 rings (SSSR count). The van der Waals surface area contributed by atoms with Crippen LogP contribution in [0.3, 0.4) is 0 Å². The van der Waals surface area contributed by atoms with Gasteiger partial charge in [0.15, 0.2) is 0 Å². The number of fused-ring (bicyclic) bond motifs is 5. The number of hydrogen-bond donors (Lipinski definition) is 1. The number of aromatic nitrogens is 2. The zero-order valence-corrected chi connectivity index (χ0v) is 17.5. The lowest BCUT2D eigenvalue weighted by atomic mass is 10.0. The summed E-state index contributed by atoms with van der Waals surface area (Å²) in [5, 5.41) is 2.92. The van der Waals surface area contributed by atoms with Crippen molar-refractivity contribution < 1.29 is 14.4 Å². The summed E-state index contributed by atoms with van der Waals surface area (Å²) in [6.45, 7) is 1.55. The molecular weight excluding hydrogens is 406 g/mol. The van der Waals surface area contributed by atoms with Crippen LogP contribution in [0.5, 0.6) is 0 Å². The van der Waals surface area contributed by atoms with E-state index in [1.165, 1.54) is 0 Å². The van der Waals surface area contributed by atoms with Crippen LogP contribution in [0.4, 0.5) is 5.69 Å². The molecular formula is C24H23N5O3. The predicted molar refractivity (Wildman–Crippen MR) is 118 cm³/mol. The van der Waals surface area contributed by atoms with E-state index in [2.05, 4.69) is 10.3 Å². The van der Waals surface area contributed by atoms with Gasteiger partial charge in [-0.05, 0) is 24.6 Å². The SMILES string of the molecule is O=C(CCN1C(=O)c2ccccc2N2C(=O)c3ccccc3[C@@H]12)NCCCn1ccnc1. The Bertz CT molecular complexity index is 1170. The van der Waals surface area contributed by atoms with Crippen molar-refractivity contribution in [2.24, 2.45) is 0 Å². The largest absolute Gasteiger partial charge is 0.356 e. The molecule has 1 aromatic heterocycles. The predicted octanol–water partition coefficient (Wildman–Crippen LogP) is 2.59. The molecule has 2 aliphatic rings. The molecule has 0 radical (unpaired) electrons. The Balaban J connectivity index is 1.30. The van der Waals surface area contributed by atoms with E-state index < -0.39 is 6.17 Å². The van der Waals surface area contributed by atoms with E-state index >= 15 is 0 Å². The van der Waals surface area contributed by atoms with Gasteiger partial charge in [-0.1, -0.05) is 30.3 Å². The molecule has 1 atom stereocenters. The number of amides is 3. The molecule has 162 valence electrons. The van der Waals surface area contributed by atoms with Crippen molar-refractivity contribution in [1.82, 2.24) is 19.8 Å². The summed E-state index contributed by atoms with van der Waals surface area (Å²) in [6, 6.07) is 14.5.